The van der Waals surface area contributed by atoms with E-state index in [-0.39, 0.29) is 18.6 Å². The predicted octanol–water partition coefficient (Wildman–Crippen LogP) is -1.04. The van der Waals surface area contributed by atoms with Crippen LogP contribution in [0.2, 0.25) is 0 Å². The predicted molar refractivity (Wildman–Crippen MR) is 38.5 cm³/mol. The minimum Gasteiger partial charge on any atom is -0.870 e. The van der Waals surface area contributed by atoms with Gasteiger partial charge in [0.25, 0.3) is 0 Å². The van der Waals surface area contributed by atoms with Gasteiger partial charge in [0.05, 0.1) is 20.7 Å². The zero-order valence-corrected chi connectivity index (χ0v) is 6.82. The smallest absolute Gasteiger partial charge is 0.359 e. The third-order valence-corrected chi connectivity index (χ3v) is 1.27. The SMILES string of the molecule is C[N+](C)(CCO)CC(=O)O.[OH-]. The molecule has 0 atom stereocenters. The van der Waals surface area contributed by atoms with E-state index in [9.17, 15) is 4.79 Å². The lowest BCUT2D eigenvalue weighted by molar-refractivity contribution is -0.883. The molecule has 0 aromatic heterocycles. The molecule has 0 aliphatic carbocycles. The zero-order valence-electron chi connectivity index (χ0n) is 6.82. The van der Waals surface area contributed by atoms with Gasteiger partial charge in [-0.05, 0) is 0 Å². The standard InChI is InChI=1S/C6H13NO3.H2O/c1-7(2,3-4-8)5-6(9)10;/h8H,3-5H2,1-2H3;1H2. The monoisotopic (exact) mass is 165 g/mol. The van der Waals surface area contributed by atoms with Crippen molar-refractivity contribution in [2.45, 2.75) is 0 Å². The highest BCUT2D eigenvalue weighted by Crippen LogP contribution is 1.93. The molecule has 0 saturated heterocycles. The van der Waals surface area contributed by atoms with E-state index in [1.54, 1.807) is 14.1 Å². The van der Waals surface area contributed by atoms with Gasteiger partial charge < -0.3 is 20.2 Å². The van der Waals surface area contributed by atoms with E-state index in [2.05, 4.69) is 0 Å². The van der Waals surface area contributed by atoms with Crippen molar-refractivity contribution in [1.82, 2.24) is 0 Å². The third-order valence-electron chi connectivity index (χ3n) is 1.27. The lowest BCUT2D eigenvalue weighted by atomic mass is 10.4. The molecule has 0 aliphatic rings. The molecule has 0 aliphatic heterocycles. The van der Waals surface area contributed by atoms with Gasteiger partial charge in [0.1, 0.15) is 6.54 Å². The van der Waals surface area contributed by atoms with Gasteiger partial charge >= 0.3 is 5.97 Å². The molecule has 0 bridgehead atoms. The molecule has 0 radical (unpaired) electrons. The Balaban J connectivity index is 0. The van der Waals surface area contributed by atoms with Crippen LogP contribution in [0, 0.1) is 0 Å². The molecule has 0 fully saturated rings. The second-order valence-electron chi connectivity index (χ2n) is 2.93. The highest BCUT2D eigenvalue weighted by atomic mass is 16.4. The Hall–Kier alpha value is -0.650. The molecule has 0 saturated carbocycles. The van der Waals surface area contributed by atoms with Crippen molar-refractivity contribution in [2.24, 2.45) is 0 Å². The fraction of sp³-hybridized carbons (Fsp3) is 0.833. The van der Waals surface area contributed by atoms with Crippen molar-refractivity contribution in [2.75, 3.05) is 33.8 Å². The van der Waals surface area contributed by atoms with Crippen LogP contribution in [0.25, 0.3) is 0 Å². The third kappa shape index (κ3) is 7.24. The molecule has 0 amide bonds. The molecule has 0 rings (SSSR count). The number of carbonyl (C=O) groups is 1. The average molecular weight is 165 g/mol. The summed E-state index contributed by atoms with van der Waals surface area (Å²) in [6, 6.07) is 0. The maximum absolute atomic E-state index is 10.2. The second kappa shape index (κ2) is 5.06. The summed E-state index contributed by atoms with van der Waals surface area (Å²) in [5, 5.41) is 16.9. The Labute approximate surface area is 65.8 Å². The molecule has 5 nitrogen and oxygen atoms in total. The summed E-state index contributed by atoms with van der Waals surface area (Å²) in [6.45, 7) is 0.563. The number of quaternary nitrogens is 1. The fourth-order valence-corrected chi connectivity index (χ4v) is 0.716. The van der Waals surface area contributed by atoms with Crippen molar-refractivity contribution >= 4 is 5.97 Å². The molecule has 11 heavy (non-hydrogen) atoms. The van der Waals surface area contributed by atoms with Crippen LogP contribution in [-0.4, -0.2) is 59.9 Å². The zero-order chi connectivity index (χ0) is 8.20. The lowest BCUT2D eigenvalue weighted by Crippen LogP contribution is -2.45. The van der Waals surface area contributed by atoms with Gasteiger partial charge in [-0.25, -0.2) is 4.79 Å². The molecular weight excluding hydrogens is 150 g/mol. The van der Waals surface area contributed by atoms with Crippen LogP contribution >= 0.6 is 0 Å². The number of nitrogens with zero attached hydrogens (tertiary/aromatic N) is 1. The van der Waals surface area contributed by atoms with Gasteiger partial charge in [-0.1, -0.05) is 0 Å². The minimum absolute atomic E-state index is 0. The van der Waals surface area contributed by atoms with Crippen molar-refractivity contribution in [3.05, 3.63) is 0 Å². The average Bonchev–Trinajstić information content (AvgIpc) is 1.59. The first kappa shape index (κ1) is 13.0. The van der Waals surface area contributed by atoms with E-state index < -0.39 is 5.97 Å². The van der Waals surface area contributed by atoms with E-state index in [0.29, 0.717) is 11.0 Å². The Bertz CT molecular complexity index is 124. The van der Waals surface area contributed by atoms with Crippen LogP contribution < -0.4 is 0 Å². The molecule has 68 valence electrons. The first-order valence-electron chi connectivity index (χ1n) is 3.12. The molecule has 0 spiro atoms. The highest BCUT2D eigenvalue weighted by Gasteiger charge is 2.17. The quantitative estimate of drug-likeness (QED) is 0.521. The van der Waals surface area contributed by atoms with Crippen molar-refractivity contribution < 1.29 is 25.0 Å². The van der Waals surface area contributed by atoms with Gasteiger partial charge in [-0.15, -0.1) is 0 Å². The number of aliphatic carboxylic acids is 1. The molecule has 0 unspecified atom stereocenters. The maximum atomic E-state index is 10.2. The molecular formula is C6H15NO4. The Kier molecular flexibility index (Phi) is 5.97. The van der Waals surface area contributed by atoms with Crippen LogP contribution in [0.5, 0.6) is 0 Å². The van der Waals surface area contributed by atoms with Crippen molar-refractivity contribution in [3.8, 4) is 0 Å². The van der Waals surface area contributed by atoms with Gasteiger partial charge in [0.2, 0.25) is 0 Å². The summed E-state index contributed by atoms with van der Waals surface area (Å²) in [6.07, 6.45) is 0. The Morgan fingerprint density at radius 3 is 2.18 bits per heavy atom. The van der Waals surface area contributed by atoms with Gasteiger partial charge in [0.15, 0.2) is 6.54 Å². The number of carboxylic acids is 1. The minimum atomic E-state index is -0.835. The number of aliphatic hydroxyl groups is 1. The maximum Gasteiger partial charge on any atom is 0.359 e. The number of rotatable bonds is 4. The van der Waals surface area contributed by atoms with Gasteiger partial charge in [-0.3, -0.25) is 0 Å². The summed E-state index contributed by atoms with van der Waals surface area (Å²) < 4.78 is 0.325. The first-order chi connectivity index (χ1) is 4.48. The summed E-state index contributed by atoms with van der Waals surface area (Å²) in [5.41, 5.74) is 0. The number of carboxylic acid groups (broad SMARTS) is 1. The van der Waals surface area contributed by atoms with Crippen molar-refractivity contribution in [3.63, 3.8) is 0 Å². The highest BCUT2D eigenvalue weighted by molar-refractivity contribution is 5.67. The summed E-state index contributed by atoms with van der Waals surface area (Å²) >= 11 is 0. The molecule has 0 aromatic carbocycles. The summed E-state index contributed by atoms with van der Waals surface area (Å²) in [4.78, 5) is 10.2. The van der Waals surface area contributed by atoms with Gasteiger partial charge in [-0.2, -0.15) is 0 Å². The molecule has 5 heteroatoms. The van der Waals surface area contributed by atoms with Crippen LogP contribution in [0.15, 0.2) is 0 Å². The Morgan fingerprint density at radius 2 is 1.91 bits per heavy atom. The largest absolute Gasteiger partial charge is 0.870 e. The van der Waals surface area contributed by atoms with E-state index in [1.165, 1.54) is 0 Å². The Morgan fingerprint density at radius 1 is 1.45 bits per heavy atom. The lowest BCUT2D eigenvalue weighted by Gasteiger charge is -2.26. The van der Waals surface area contributed by atoms with Crippen LogP contribution in [0.1, 0.15) is 0 Å². The van der Waals surface area contributed by atoms with Crippen molar-refractivity contribution in [1.29, 1.82) is 0 Å². The first-order valence-corrected chi connectivity index (χ1v) is 3.12. The van der Waals surface area contributed by atoms with Gasteiger partial charge in [0, 0.05) is 0 Å². The van der Waals surface area contributed by atoms with Crippen LogP contribution in [0.3, 0.4) is 0 Å². The van der Waals surface area contributed by atoms with Crippen LogP contribution in [-0.2, 0) is 4.79 Å². The second-order valence-corrected chi connectivity index (χ2v) is 2.93. The number of likely N-dealkylation sites (N-methyl/N-ethyl adjacent to an activating group) is 1. The number of hydrogen-bond donors (Lipinski definition) is 2. The van der Waals surface area contributed by atoms with E-state index in [4.69, 9.17) is 10.2 Å². The molecule has 0 heterocycles. The molecule has 3 N–H and O–H groups in total. The number of aliphatic hydroxyl groups excluding tert-OH is 1. The van der Waals surface area contributed by atoms with E-state index >= 15 is 0 Å². The van der Waals surface area contributed by atoms with Crippen LogP contribution in [0.4, 0.5) is 0 Å². The normalized spacial score (nSPS) is 10.5. The topological polar surface area (TPSA) is 87.5 Å². The fourth-order valence-electron chi connectivity index (χ4n) is 0.716. The summed E-state index contributed by atoms with van der Waals surface area (Å²) in [7, 11) is 3.54. The van der Waals surface area contributed by atoms with E-state index in [0.717, 1.165) is 0 Å². The van der Waals surface area contributed by atoms with E-state index in [1.807, 2.05) is 0 Å². The molecule has 0 aromatic rings. The summed E-state index contributed by atoms with van der Waals surface area (Å²) in [5.74, 6) is -0.835. The number of hydrogen-bond acceptors (Lipinski definition) is 3.